The van der Waals surface area contributed by atoms with E-state index >= 15 is 0 Å². The molecule has 2 amide bonds. The van der Waals surface area contributed by atoms with Crippen molar-refractivity contribution < 1.29 is 113 Å². The van der Waals surface area contributed by atoms with Crippen molar-refractivity contribution in [1.29, 1.82) is 0 Å². The molecular weight excluding hydrogens is 1580 g/mol. The van der Waals surface area contributed by atoms with Crippen molar-refractivity contribution in [2.45, 2.75) is 286 Å². The highest BCUT2D eigenvalue weighted by Gasteiger charge is 2.46. The van der Waals surface area contributed by atoms with Gasteiger partial charge in [0.05, 0.1) is 53.1 Å². The number of unbranched alkanes of at least 4 members (excludes halogenated alkanes) is 24. The van der Waals surface area contributed by atoms with Crippen LogP contribution in [0.15, 0.2) is 107 Å². The monoisotopic (exact) mass is 1720 g/mol. The first-order valence-corrected chi connectivity index (χ1v) is 48.9. The van der Waals surface area contributed by atoms with Gasteiger partial charge < -0.3 is 39.4 Å². The Hall–Kier alpha value is -6.00. The van der Waals surface area contributed by atoms with Gasteiger partial charge in [-0.1, -0.05) is 172 Å². The number of rotatable bonds is 65. The van der Waals surface area contributed by atoms with Crippen molar-refractivity contribution in [1.82, 2.24) is 10.6 Å². The Labute approximate surface area is 685 Å². The summed E-state index contributed by atoms with van der Waals surface area (Å²) in [6.07, 6.45) is 46.6. The average Bonchev–Trinajstić information content (AvgIpc) is 1.59. The summed E-state index contributed by atoms with van der Waals surface area (Å²) in [6, 6.07) is 8.17. The quantitative estimate of drug-likeness (QED) is 0.00473. The van der Waals surface area contributed by atoms with Crippen molar-refractivity contribution in [3.05, 3.63) is 108 Å². The van der Waals surface area contributed by atoms with Gasteiger partial charge in [-0.05, 0) is 146 Å². The molecule has 0 spiro atoms. The molecule has 2 aliphatic heterocycles. The second kappa shape index (κ2) is 54.2. The number of carbonyl (C=O) groups is 4. The first kappa shape index (κ1) is 101. The molecule has 2 aliphatic rings. The molecule has 2 aromatic carbocycles. The SMILES string of the molecule is CCCCCCCC/C=C\CCCCCCCC(=O)OC[C@H](COP(=O)(O)OCCNC(=O)OCCOCCNC(=O)CCCCCC1(C)/C(=C/C=C/C=C/C2=[N+](CCCS(=O)(=O)O)c3ccc(S(=O)(=O)O)cc3C2(C)C)N(CCCS(=O)(=O)O)c2ccc(S(=O)(=O)O)cc21)OC(=O)CCCCCCC/C=C\CCCCCCCC. The Bertz CT molecular complexity index is 4030. The van der Waals surface area contributed by atoms with E-state index in [4.69, 9.17) is 28.0 Å². The van der Waals surface area contributed by atoms with Gasteiger partial charge in [0.2, 0.25) is 11.6 Å². The van der Waals surface area contributed by atoms with Crippen LogP contribution in [0.4, 0.5) is 16.2 Å². The molecule has 2 heterocycles. The number of hydrogen-bond donors (Lipinski definition) is 7. The van der Waals surface area contributed by atoms with E-state index in [9.17, 15) is 80.5 Å². The summed E-state index contributed by atoms with van der Waals surface area (Å²) < 4.78 is 183. The van der Waals surface area contributed by atoms with E-state index in [-0.39, 0.29) is 93.8 Å². The Balaban J connectivity index is 1.22. The number of carbonyl (C=O) groups excluding carboxylic acids is 4. The lowest BCUT2D eigenvalue weighted by molar-refractivity contribution is -0.437. The summed E-state index contributed by atoms with van der Waals surface area (Å²) in [7, 11) is -22.8. The second-order valence-electron chi connectivity index (χ2n) is 30.2. The van der Waals surface area contributed by atoms with E-state index in [2.05, 4.69) is 48.8 Å². The number of ether oxygens (including phenoxy) is 4. The number of nitrogens with one attached hydrogen (secondary N) is 2. The highest BCUT2D eigenvalue weighted by Crippen LogP contribution is 2.52. The highest BCUT2D eigenvalue weighted by molar-refractivity contribution is 7.86. The topological polar surface area (TPSA) is 409 Å². The number of benzene rings is 2. The summed E-state index contributed by atoms with van der Waals surface area (Å²) in [4.78, 5) is 62.8. The molecule has 0 fully saturated rings. The van der Waals surface area contributed by atoms with Crippen molar-refractivity contribution in [2.75, 3.05) is 82.2 Å². The molecular formula is C82H132N4O24PS4+. The van der Waals surface area contributed by atoms with Gasteiger partial charge in [-0.15, -0.1) is 0 Å². The predicted molar refractivity (Wildman–Crippen MR) is 446 cm³/mol. The third-order valence-electron chi connectivity index (χ3n) is 20.1. The molecule has 33 heteroatoms. The molecule has 2 unspecified atom stereocenters. The van der Waals surface area contributed by atoms with Gasteiger partial charge in [0.1, 0.15) is 19.8 Å². The predicted octanol–water partition coefficient (Wildman–Crippen LogP) is 16.4. The van der Waals surface area contributed by atoms with Crippen LogP contribution in [0.1, 0.15) is 270 Å². The normalized spacial score (nSPS) is 16.3. The largest absolute Gasteiger partial charge is 0.472 e. The maximum atomic E-state index is 13.0. The standard InChI is InChI=1S/C82H131N4O24PS4/c1-6-8-10-12-14-16-18-20-22-24-26-28-30-32-39-47-78(88)107-66-68(110-79(89)48-40-33-31-29-27-25-23-21-19-17-15-13-11-9-7-2)67-109-111(91,92)108-59-55-84-80(90)106-61-60-105-58-54-83-77(87)46-38-35-41-53-82(5)72-65-70(115(102,103)104)50-52-74(72)86(57-43-63-113(96,97)98)76(82)45-37-34-36-44-75-81(3,4)71-64-69(114(99,100)101)49-51-73(71)85(75)56-42-62-112(93,94)95/h20-23,34,36-37,44-45,49-52,64-65,68H,6-19,24-33,35,38-43,46-48,53-63,66-67H2,1-5H3,(H6-,83,84,87,90,91,92,93,94,95,96,97,98,99,100,101,102,103,104)/p+1/b22-20-,23-21-/t68-,82?/m1/s1. The van der Waals surface area contributed by atoms with Gasteiger partial charge in [-0.3, -0.25) is 41.6 Å². The zero-order valence-corrected chi connectivity index (χ0v) is 72.6. The van der Waals surface area contributed by atoms with E-state index < -0.39 is 115 Å². The molecule has 0 aliphatic carbocycles. The van der Waals surface area contributed by atoms with Gasteiger partial charge in [0.15, 0.2) is 11.8 Å². The minimum Gasteiger partial charge on any atom is -0.462 e. The van der Waals surface area contributed by atoms with Gasteiger partial charge >= 0.3 is 25.9 Å². The van der Waals surface area contributed by atoms with Crippen LogP contribution >= 0.6 is 7.82 Å². The zero-order chi connectivity index (χ0) is 84.7. The maximum absolute atomic E-state index is 13.0. The number of alkyl carbamates (subject to hydrolysis) is 1. The molecule has 0 saturated heterocycles. The molecule has 0 saturated carbocycles. The number of phosphoric acid groups is 1. The Morgan fingerprint density at radius 1 is 0.539 bits per heavy atom. The fourth-order valence-electron chi connectivity index (χ4n) is 13.9. The van der Waals surface area contributed by atoms with E-state index in [0.717, 1.165) is 77.0 Å². The summed E-state index contributed by atoms with van der Waals surface area (Å²) in [6.45, 7) is 8.37. The van der Waals surface area contributed by atoms with Crippen LogP contribution in [-0.4, -0.2) is 174 Å². The third-order valence-corrected chi connectivity index (χ3v) is 24.4. The fraction of sp³-hybridized carbons (Fsp3) is 0.671. The summed E-state index contributed by atoms with van der Waals surface area (Å²) in [5, 5.41) is 5.17. The molecule has 7 N–H and O–H groups in total. The Morgan fingerprint density at radius 2 is 1.05 bits per heavy atom. The van der Waals surface area contributed by atoms with Crippen LogP contribution in [0.2, 0.25) is 0 Å². The van der Waals surface area contributed by atoms with Crippen LogP contribution in [0.25, 0.3) is 0 Å². The molecule has 0 aromatic heterocycles. The molecule has 652 valence electrons. The number of fused-ring (bicyclic) bond motifs is 2. The van der Waals surface area contributed by atoms with Gasteiger partial charge in [0, 0.05) is 79.8 Å². The van der Waals surface area contributed by atoms with Crippen LogP contribution in [0.5, 0.6) is 0 Å². The molecule has 0 bridgehead atoms. The van der Waals surface area contributed by atoms with E-state index in [1.807, 2.05) is 25.7 Å². The number of esters is 2. The van der Waals surface area contributed by atoms with Crippen molar-refractivity contribution in [3.63, 3.8) is 0 Å². The lowest BCUT2D eigenvalue weighted by atomic mass is 9.77. The summed E-state index contributed by atoms with van der Waals surface area (Å²) in [5.74, 6) is -2.45. The Morgan fingerprint density at radius 3 is 1.63 bits per heavy atom. The Kier molecular flexibility index (Phi) is 47.8. The zero-order valence-electron chi connectivity index (χ0n) is 68.4. The smallest absolute Gasteiger partial charge is 0.462 e. The fourth-order valence-corrected chi connectivity index (χ4v) is 16.6. The number of anilines is 1. The minimum absolute atomic E-state index is 0.00323. The molecule has 28 nitrogen and oxygen atoms in total. The number of hydrogen-bond acceptors (Lipinski definition) is 20. The number of phosphoric ester groups is 1. The second-order valence-corrected chi connectivity index (χ2v) is 37.6. The number of nitrogens with zero attached hydrogens (tertiary/aromatic N) is 2. The molecule has 3 atom stereocenters. The van der Waals surface area contributed by atoms with E-state index in [0.29, 0.717) is 72.4 Å². The first-order chi connectivity index (χ1) is 54.6. The van der Waals surface area contributed by atoms with Crippen molar-refractivity contribution in [3.8, 4) is 0 Å². The molecule has 2 aromatic rings. The lowest BCUT2D eigenvalue weighted by Gasteiger charge is -2.30. The number of amides is 2. The maximum Gasteiger partial charge on any atom is 0.472 e. The third kappa shape index (κ3) is 42.0. The molecule has 115 heavy (non-hydrogen) atoms. The molecule has 4 rings (SSSR count). The molecule has 0 radical (unpaired) electrons. The van der Waals surface area contributed by atoms with Crippen LogP contribution in [-0.2, 0) is 98.2 Å². The van der Waals surface area contributed by atoms with Crippen molar-refractivity contribution in [2.24, 2.45) is 0 Å². The van der Waals surface area contributed by atoms with E-state index in [1.165, 1.54) is 113 Å². The minimum atomic E-state index is -4.77. The van der Waals surface area contributed by atoms with Gasteiger partial charge in [-0.2, -0.15) is 38.2 Å². The summed E-state index contributed by atoms with van der Waals surface area (Å²) in [5.41, 5.74) is 1.46. The van der Waals surface area contributed by atoms with Gasteiger partial charge in [-0.25, -0.2) is 9.36 Å². The lowest BCUT2D eigenvalue weighted by Crippen LogP contribution is -2.30. The summed E-state index contributed by atoms with van der Waals surface area (Å²) >= 11 is 0. The van der Waals surface area contributed by atoms with Crippen LogP contribution < -0.4 is 15.5 Å². The van der Waals surface area contributed by atoms with Crippen molar-refractivity contribution >= 4 is 89.3 Å². The van der Waals surface area contributed by atoms with E-state index in [1.54, 1.807) is 35.0 Å². The number of allylic oxidation sites excluding steroid dienone is 10. The van der Waals surface area contributed by atoms with Crippen LogP contribution in [0, 0.1) is 0 Å². The van der Waals surface area contributed by atoms with Crippen LogP contribution in [0.3, 0.4) is 0 Å². The average molecular weight is 1720 g/mol. The highest BCUT2D eigenvalue weighted by atomic mass is 32.2. The van der Waals surface area contributed by atoms with Gasteiger partial charge in [0.25, 0.3) is 40.5 Å². The first-order valence-electron chi connectivity index (χ1n) is 41.3.